The molecule has 2 N–H and O–H groups in total. The van der Waals surface area contributed by atoms with E-state index in [4.69, 9.17) is 10.5 Å². The molecule has 2 unspecified atom stereocenters. The number of aromatic nitrogens is 1. The molecule has 0 radical (unpaired) electrons. The summed E-state index contributed by atoms with van der Waals surface area (Å²) in [6, 6.07) is 3.84. The summed E-state index contributed by atoms with van der Waals surface area (Å²) in [6.07, 6.45) is 2.21. The molecule has 0 saturated carbocycles. The zero-order valence-electron chi connectivity index (χ0n) is 9.18. The fraction of sp³-hybridized carbons (Fsp3) is 0.545. The van der Waals surface area contributed by atoms with Gasteiger partial charge in [-0.15, -0.1) is 0 Å². The van der Waals surface area contributed by atoms with Crippen molar-refractivity contribution in [3.8, 4) is 0 Å². The number of rotatable bonds is 1. The molecule has 1 fully saturated rings. The van der Waals surface area contributed by atoms with Crippen LogP contribution >= 0.6 is 0 Å². The average molecular weight is 207 g/mol. The molecule has 4 heteroatoms. The lowest BCUT2D eigenvalue weighted by molar-refractivity contribution is -0.00545. The topological polar surface area (TPSA) is 51.4 Å². The number of ether oxygens (including phenoxy) is 1. The van der Waals surface area contributed by atoms with E-state index in [9.17, 15) is 0 Å². The molecule has 1 aliphatic heterocycles. The summed E-state index contributed by atoms with van der Waals surface area (Å²) in [5.41, 5.74) is 6.31. The molecule has 15 heavy (non-hydrogen) atoms. The van der Waals surface area contributed by atoms with Crippen LogP contribution in [-0.4, -0.2) is 30.3 Å². The van der Waals surface area contributed by atoms with E-state index >= 15 is 0 Å². The van der Waals surface area contributed by atoms with Gasteiger partial charge in [0.1, 0.15) is 5.82 Å². The molecule has 0 spiro atoms. The van der Waals surface area contributed by atoms with Gasteiger partial charge in [-0.25, -0.2) is 4.98 Å². The van der Waals surface area contributed by atoms with Gasteiger partial charge in [0.25, 0.3) is 0 Å². The van der Waals surface area contributed by atoms with E-state index in [0.29, 0.717) is 5.69 Å². The third kappa shape index (κ3) is 2.39. The van der Waals surface area contributed by atoms with Gasteiger partial charge in [0.2, 0.25) is 0 Å². The fourth-order valence-corrected chi connectivity index (χ4v) is 1.95. The van der Waals surface area contributed by atoms with Gasteiger partial charge < -0.3 is 15.4 Å². The molecular weight excluding hydrogens is 190 g/mol. The number of hydrogen-bond acceptors (Lipinski definition) is 4. The summed E-state index contributed by atoms with van der Waals surface area (Å²) >= 11 is 0. The van der Waals surface area contributed by atoms with Gasteiger partial charge in [-0.05, 0) is 26.0 Å². The lowest BCUT2D eigenvalue weighted by Gasteiger charge is -2.36. The van der Waals surface area contributed by atoms with Crippen LogP contribution < -0.4 is 10.6 Å². The Kier molecular flexibility index (Phi) is 2.77. The summed E-state index contributed by atoms with van der Waals surface area (Å²) < 4.78 is 5.67. The van der Waals surface area contributed by atoms with Gasteiger partial charge >= 0.3 is 0 Å². The number of morpholine rings is 1. The first-order valence-corrected chi connectivity index (χ1v) is 5.27. The second-order valence-corrected chi connectivity index (χ2v) is 4.11. The molecule has 1 aliphatic rings. The Morgan fingerprint density at radius 2 is 2.00 bits per heavy atom. The third-order valence-corrected chi connectivity index (χ3v) is 2.51. The summed E-state index contributed by atoms with van der Waals surface area (Å²) in [5.74, 6) is 0.978. The van der Waals surface area contributed by atoms with Crippen molar-refractivity contribution in [2.45, 2.75) is 26.1 Å². The molecule has 1 aromatic heterocycles. The number of nitrogens with zero attached hydrogens (tertiary/aromatic N) is 2. The van der Waals surface area contributed by atoms with E-state index in [1.165, 1.54) is 0 Å². The van der Waals surface area contributed by atoms with E-state index in [-0.39, 0.29) is 12.2 Å². The highest BCUT2D eigenvalue weighted by Gasteiger charge is 2.22. The molecule has 0 amide bonds. The predicted molar refractivity (Wildman–Crippen MR) is 60.9 cm³/mol. The molecule has 1 saturated heterocycles. The van der Waals surface area contributed by atoms with Crippen molar-refractivity contribution in [2.24, 2.45) is 0 Å². The van der Waals surface area contributed by atoms with Gasteiger partial charge in [0.15, 0.2) is 0 Å². The molecule has 2 heterocycles. The van der Waals surface area contributed by atoms with Crippen LogP contribution in [-0.2, 0) is 4.74 Å². The Morgan fingerprint density at radius 3 is 2.53 bits per heavy atom. The zero-order chi connectivity index (χ0) is 10.8. The molecule has 4 nitrogen and oxygen atoms in total. The van der Waals surface area contributed by atoms with Crippen molar-refractivity contribution in [1.82, 2.24) is 4.98 Å². The van der Waals surface area contributed by atoms with E-state index in [0.717, 1.165) is 18.9 Å². The minimum Gasteiger partial charge on any atom is -0.397 e. The Bertz CT molecular complexity index is 315. The molecule has 0 aromatic carbocycles. The molecular formula is C11H17N3O. The number of nitrogens with two attached hydrogens (primary N) is 1. The second kappa shape index (κ2) is 4.06. The van der Waals surface area contributed by atoms with Crippen molar-refractivity contribution in [3.05, 3.63) is 18.3 Å². The minimum absolute atomic E-state index is 0.258. The van der Waals surface area contributed by atoms with Crippen molar-refractivity contribution in [3.63, 3.8) is 0 Å². The van der Waals surface area contributed by atoms with Crippen molar-refractivity contribution in [2.75, 3.05) is 23.7 Å². The van der Waals surface area contributed by atoms with Crippen LogP contribution in [0.4, 0.5) is 11.5 Å². The normalized spacial score (nSPS) is 26.7. The van der Waals surface area contributed by atoms with E-state index in [2.05, 4.69) is 23.7 Å². The van der Waals surface area contributed by atoms with Crippen molar-refractivity contribution < 1.29 is 4.74 Å². The lowest BCUT2D eigenvalue weighted by atomic mass is 10.2. The number of hydrogen-bond donors (Lipinski definition) is 1. The molecule has 0 aliphatic carbocycles. The Labute approximate surface area is 90.0 Å². The Balaban J connectivity index is 2.12. The highest BCUT2D eigenvalue weighted by Crippen LogP contribution is 2.18. The third-order valence-electron chi connectivity index (χ3n) is 2.51. The monoisotopic (exact) mass is 207 g/mol. The van der Waals surface area contributed by atoms with Gasteiger partial charge in [-0.3, -0.25) is 0 Å². The first-order chi connectivity index (χ1) is 7.15. The van der Waals surface area contributed by atoms with E-state index in [1.807, 2.05) is 12.1 Å². The standard InChI is InChI=1S/C11H17N3O/c1-8-6-14(7-9(2)15-8)11-4-3-10(12)5-13-11/h3-5,8-9H,6-7,12H2,1-2H3. The van der Waals surface area contributed by atoms with Gasteiger partial charge in [0.05, 0.1) is 24.1 Å². The predicted octanol–water partition coefficient (Wildman–Crippen LogP) is 1.28. The summed E-state index contributed by atoms with van der Waals surface area (Å²) in [5, 5.41) is 0. The number of pyridine rings is 1. The van der Waals surface area contributed by atoms with Crippen molar-refractivity contribution >= 4 is 11.5 Å². The van der Waals surface area contributed by atoms with E-state index in [1.54, 1.807) is 6.20 Å². The largest absolute Gasteiger partial charge is 0.397 e. The quantitative estimate of drug-likeness (QED) is 0.753. The highest BCUT2D eigenvalue weighted by molar-refractivity contribution is 5.46. The maximum absolute atomic E-state index is 5.67. The molecule has 2 atom stereocenters. The summed E-state index contributed by atoms with van der Waals surface area (Å²) in [4.78, 5) is 6.55. The first kappa shape index (κ1) is 10.2. The van der Waals surface area contributed by atoms with Gasteiger partial charge in [0, 0.05) is 13.1 Å². The maximum Gasteiger partial charge on any atom is 0.128 e. The van der Waals surface area contributed by atoms with E-state index < -0.39 is 0 Å². The molecule has 1 aromatic rings. The zero-order valence-corrected chi connectivity index (χ0v) is 9.18. The van der Waals surface area contributed by atoms with Gasteiger partial charge in [-0.2, -0.15) is 0 Å². The summed E-state index contributed by atoms with van der Waals surface area (Å²) in [7, 11) is 0. The first-order valence-electron chi connectivity index (χ1n) is 5.27. The SMILES string of the molecule is CC1CN(c2ccc(N)cn2)CC(C)O1. The van der Waals surface area contributed by atoms with Crippen LogP contribution in [0.2, 0.25) is 0 Å². The van der Waals surface area contributed by atoms with Crippen LogP contribution in [0.1, 0.15) is 13.8 Å². The fourth-order valence-electron chi connectivity index (χ4n) is 1.95. The molecule has 2 rings (SSSR count). The Hall–Kier alpha value is -1.29. The maximum atomic E-state index is 5.67. The van der Waals surface area contributed by atoms with Crippen LogP contribution in [0.5, 0.6) is 0 Å². The second-order valence-electron chi connectivity index (χ2n) is 4.11. The number of anilines is 2. The average Bonchev–Trinajstić information content (AvgIpc) is 2.17. The number of nitrogen functional groups attached to an aromatic ring is 1. The van der Waals surface area contributed by atoms with Crippen LogP contribution in [0.3, 0.4) is 0 Å². The highest BCUT2D eigenvalue weighted by atomic mass is 16.5. The van der Waals surface area contributed by atoms with Crippen molar-refractivity contribution in [1.29, 1.82) is 0 Å². The Morgan fingerprint density at radius 1 is 1.33 bits per heavy atom. The van der Waals surface area contributed by atoms with Crippen LogP contribution in [0.25, 0.3) is 0 Å². The molecule has 0 bridgehead atoms. The summed E-state index contributed by atoms with van der Waals surface area (Å²) in [6.45, 7) is 5.95. The van der Waals surface area contributed by atoms with Crippen LogP contribution in [0, 0.1) is 0 Å². The lowest BCUT2D eigenvalue weighted by Crippen LogP contribution is -2.45. The minimum atomic E-state index is 0.258. The smallest absolute Gasteiger partial charge is 0.128 e. The van der Waals surface area contributed by atoms with Crippen LogP contribution in [0.15, 0.2) is 18.3 Å². The van der Waals surface area contributed by atoms with Gasteiger partial charge in [-0.1, -0.05) is 0 Å². The molecule has 82 valence electrons.